The molecule has 0 spiro atoms. The fourth-order valence-electron chi connectivity index (χ4n) is 1.27. The van der Waals surface area contributed by atoms with E-state index >= 15 is 0 Å². The molecule has 0 aromatic carbocycles. The number of alkyl halides is 3. The molecular weight excluding hydrogens is 255 g/mol. The molecule has 0 fully saturated rings. The van der Waals surface area contributed by atoms with Gasteiger partial charge in [-0.15, -0.1) is 11.3 Å². The van der Waals surface area contributed by atoms with Gasteiger partial charge in [-0.25, -0.2) is 4.79 Å². The molecule has 7 heteroatoms. The molecule has 0 aliphatic heterocycles. The van der Waals surface area contributed by atoms with Crippen LogP contribution in [0.25, 0.3) is 10.1 Å². The zero-order valence-electron chi connectivity index (χ0n) is 8.32. The van der Waals surface area contributed by atoms with Gasteiger partial charge in [-0.3, -0.25) is 4.98 Å². The van der Waals surface area contributed by atoms with E-state index < -0.39 is 18.8 Å². The third-order valence-corrected chi connectivity index (χ3v) is 2.90. The number of hydrogen-bond acceptors (Lipinski definition) is 4. The van der Waals surface area contributed by atoms with Crippen molar-refractivity contribution in [2.45, 2.75) is 6.18 Å². The summed E-state index contributed by atoms with van der Waals surface area (Å²) in [4.78, 5) is 15.3. The first kappa shape index (κ1) is 11.8. The van der Waals surface area contributed by atoms with Gasteiger partial charge in [0.05, 0.1) is 10.3 Å². The van der Waals surface area contributed by atoms with Crippen molar-refractivity contribution in [3.05, 3.63) is 29.4 Å². The summed E-state index contributed by atoms with van der Waals surface area (Å²) in [5.41, 5.74) is 0.136. The highest BCUT2D eigenvalue weighted by Crippen LogP contribution is 2.26. The first-order chi connectivity index (χ1) is 7.97. The topological polar surface area (TPSA) is 39.2 Å². The van der Waals surface area contributed by atoms with E-state index in [1.165, 1.54) is 22.9 Å². The van der Waals surface area contributed by atoms with Crippen LogP contribution in [0.2, 0.25) is 0 Å². The average Bonchev–Trinajstić information content (AvgIpc) is 2.68. The van der Waals surface area contributed by atoms with E-state index in [4.69, 9.17) is 0 Å². The minimum absolute atomic E-state index is 0.136. The molecule has 0 N–H and O–H groups in total. The molecule has 90 valence electrons. The zero-order valence-corrected chi connectivity index (χ0v) is 9.14. The lowest BCUT2D eigenvalue weighted by Crippen LogP contribution is -2.20. The number of carbonyl (C=O) groups is 1. The van der Waals surface area contributed by atoms with Gasteiger partial charge in [0.25, 0.3) is 0 Å². The molecule has 2 aromatic heterocycles. The molecule has 2 heterocycles. The van der Waals surface area contributed by atoms with Crippen molar-refractivity contribution in [2.75, 3.05) is 6.61 Å². The second kappa shape index (κ2) is 4.33. The summed E-state index contributed by atoms with van der Waals surface area (Å²) < 4.78 is 40.6. The van der Waals surface area contributed by atoms with Gasteiger partial charge in [0.2, 0.25) is 0 Å². The van der Waals surface area contributed by atoms with Gasteiger partial charge in [0.15, 0.2) is 6.61 Å². The number of ether oxygens (including phenoxy) is 1. The standard InChI is InChI=1S/C10H6F3NO2S/c11-10(12,13)5-16-9(15)7-4-17-8-3-14-2-1-6(7)8/h1-4H,5H2. The quantitative estimate of drug-likeness (QED) is 0.780. The molecule has 0 atom stereocenters. The highest BCUT2D eigenvalue weighted by atomic mass is 32.1. The molecular formula is C10H6F3NO2S. The van der Waals surface area contributed by atoms with Crippen LogP contribution in [0.15, 0.2) is 23.8 Å². The van der Waals surface area contributed by atoms with Crippen molar-refractivity contribution >= 4 is 27.4 Å². The molecule has 17 heavy (non-hydrogen) atoms. The number of thiophene rings is 1. The Morgan fingerprint density at radius 1 is 1.47 bits per heavy atom. The van der Waals surface area contributed by atoms with E-state index in [1.807, 2.05) is 0 Å². The van der Waals surface area contributed by atoms with Gasteiger partial charge >= 0.3 is 12.1 Å². The highest BCUT2D eigenvalue weighted by molar-refractivity contribution is 7.17. The van der Waals surface area contributed by atoms with E-state index in [9.17, 15) is 18.0 Å². The van der Waals surface area contributed by atoms with E-state index in [2.05, 4.69) is 9.72 Å². The largest absolute Gasteiger partial charge is 0.452 e. The second-order valence-corrected chi connectivity index (χ2v) is 4.12. The fourth-order valence-corrected chi connectivity index (χ4v) is 2.16. The number of pyridine rings is 1. The molecule has 0 aliphatic carbocycles. The predicted octanol–water partition coefficient (Wildman–Crippen LogP) is 3.02. The predicted molar refractivity (Wildman–Crippen MR) is 56.0 cm³/mol. The number of esters is 1. The zero-order chi connectivity index (χ0) is 12.5. The molecule has 0 bridgehead atoms. The number of carbonyl (C=O) groups excluding carboxylic acids is 1. The van der Waals surface area contributed by atoms with Crippen molar-refractivity contribution in [3.8, 4) is 0 Å². The maximum atomic E-state index is 11.9. The highest BCUT2D eigenvalue weighted by Gasteiger charge is 2.30. The van der Waals surface area contributed by atoms with E-state index in [-0.39, 0.29) is 5.56 Å². The molecule has 3 nitrogen and oxygen atoms in total. The maximum Gasteiger partial charge on any atom is 0.422 e. The Morgan fingerprint density at radius 2 is 2.24 bits per heavy atom. The number of fused-ring (bicyclic) bond motifs is 1. The Labute approximate surface area is 97.8 Å². The summed E-state index contributed by atoms with van der Waals surface area (Å²) in [6.45, 7) is -1.58. The maximum absolute atomic E-state index is 11.9. The van der Waals surface area contributed by atoms with Crippen molar-refractivity contribution < 1.29 is 22.7 Å². The minimum atomic E-state index is -4.51. The summed E-state index contributed by atoms with van der Waals surface area (Å²) in [6.07, 6.45) is -1.50. The molecule has 0 amide bonds. The summed E-state index contributed by atoms with van der Waals surface area (Å²) >= 11 is 1.23. The third kappa shape index (κ3) is 2.73. The lowest BCUT2D eigenvalue weighted by Gasteiger charge is -2.06. The summed E-state index contributed by atoms with van der Waals surface area (Å²) in [7, 11) is 0. The van der Waals surface area contributed by atoms with Crippen LogP contribution in [-0.2, 0) is 4.74 Å². The van der Waals surface area contributed by atoms with Crippen molar-refractivity contribution in [1.29, 1.82) is 0 Å². The number of rotatable bonds is 2. The summed E-state index contributed by atoms with van der Waals surface area (Å²) in [6, 6.07) is 1.57. The van der Waals surface area contributed by atoms with E-state index in [1.54, 1.807) is 12.3 Å². The van der Waals surface area contributed by atoms with Crippen molar-refractivity contribution in [3.63, 3.8) is 0 Å². The fraction of sp³-hybridized carbons (Fsp3) is 0.200. The molecule has 2 rings (SSSR count). The summed E-state index contributed by atoms with van der Waals surface area (Å²) in [5, 5.41) is 2.02. The average molecular weight is 261 g/mol. The Kier molecular flexibility index (Phi) is 3.01. The summed E-state index contributed by atoms with van der Waals surface area (Å²) in [5.74, 6) is -0.972. The van der Waals surface area contributed by atoms with Crippen LogP contribution in [0.1, 0.15) is 10.4 Å². The number of halogens is 3. The van der Waals surface area contributed by atoms with Gasteiger partial charge < -0.3 is 4.74 Å². The SMILES string of the molecule is O=C(OCC(F)(F)F)c1csc2cnccc12. The van der Waals surface area contributed by atoms with Crippen LogP contribution in [0.5, 0.6) is 0 Å². The Balaban J connectivity index is 2.20. The second-order valence-electron chi connectivity index (χ2n) is 3.21. The van der Waals surface area contributed by atoms with Gasteiger partial charge in [-0.1, -0.05) is 0 Å². The Morgan fingerprint density at radius 3 is 2.94 bits per heavy atom. The lowest BCUT2D eigenvalue weighted by atomic mass is 10.2. The van der Waals surface area contributed by atoms with Crippen LogP contribution in [0, 0.1) is 0 Å². The van der Waals surface area contributed by atoms with Crippen molar-refractivity contribution in [1.82, 2.24) is 4.98 Å². The lowest BCUT2D eigenvalue weighted by molar-refractivity contribution is -0.161. The molecule has 0 saturated heterocycles. The molecule has 0 aliphatic rings. The number of hydrogen-bond donors (Lipinski definition) is 0. The van der Waals surface area contributed by atoms with Crippen LogP contribution in [0.4, 0.5) is 13.2 Å². The first-order valence-electron chi connectivity index (χ1n) is 4.52. The minimum Gasteiger partial charge on any atom is -0.452 e. The smallest absolute Gasteiger partial charge is 0.422 e. The van der Waals surface area contributed by atoms with Gasteiger partial charge in [0, 0.05) is 23.2 Å². The third-order valence-electron chi connectivity index (χ3n) is 1.97. The van der Waals surface area contributed by atoms with Gasteiger partial charge in [-0.05, 0) is 6.07 Å². The molecule has 0 radical (unpaired) electrons. The monoisotopic (exact) mass is 261 g/mol. The Hall–Kier alpha value is -1.63. The molecule has 0 saturated carbocycles. The van der Waals surface area contributed by atoms with Gasteiger partial charge in [0.1, 0.15) is 0 Å². The first-order valence-corrected chi connectivity index (χ1v) is 5.40. The molecule has 2 aromatic rings. The number of nitrogens with zero attached hydrogens (tertiary/aromatic N) is 1. The van der Waals surface area contributed by atoms with Gasteiger partial charge in [-0.2, -0.15) is 13.2 Å². The van der Waals surface area contributed by atoms with Crippen LogP contribution in [-0.4, -0.2) is 23.7 Å². The van der Waals surface area contributed by atoms with Crippen LogP contribution < -0.4 is 0 Å². The Bertz CT molecular complexity index is 550. The van der Waals surface area contributed by atoms with E-state index in [0.29, 0.717) is 5.39 Å². The van der Waals surface area contributed by atoms with Crippen LogP contribution >= 0.6 is 11.3 Å². The van der Waals surface area contributed by atoms with E-state index in [0.717, 1.165) is 4.70 Å². The van der Waals surface area contributed by atoms with Crippen molar-refractivity contribution in [2.24, 2.45) is 0 Å². The number of aromatic nitrogens is 1. The normalized spacial score (nSPS) is 11.7. The molecule has 0 unspecified atom stereocenters. The van der Waals surface area contributed by atoms with Crippen LogP contribution in [0.3, 0.4) is 0 Å².